The number of ether oxygens (including phenoxy) is 3. The zero-order valence-electron chi connectivity index (χ0n) is 26.0. The smallest absolute Gasteiger partial charge is 0.319 e. The fourth-order valence-electron chi connectivity index (χ4n) is 7.85. The topological polar surface area (TPSA) is 122 Å². The summed E-state index contributed by atoms with van der Waals surface area (Å²) in [5, 5.41) is 19.2. The second-order valence-corrected chi connectivity index (χ2v) is 14.3. The third-order valence-corrected chi connectivity index (χ3v) is 10.6. The summed E-state index contributed by atoms with van der Waals surface area (Å²) in [5.41, 5.74) is 0.175. The largest absolute Gasteiger partial charge is 0.480 e. The molecule has 1 unspecified atom stereocenters. The molecule has 0 bridgehead atoms. The van der Waals surface area contributed by atoms with Gasteiger partial charge in [0.25, 0.3) is 0 Å². The zero-order chi connectivity index (χ0) is 32.0. The summed E-state index contributed by atoms with van der Waals surface area (Å²) in [5.74, 6) is -0.364. The molecule has 0 amide bonds. The molecule has 3 saturated heterocycles. The lowest BCUT2D eigenvalue weighted by Gasteiger charge is -2.31. The van der Waals surface area contributed by atoms with Crippen molar-refractivity contribution in [2.75, 3.05) is 58.0 Å². The number of H-pyrrole nitrogens is 1. The van der Waals surface area contributed by atoms with Gasteiger partial charge in [0.2, 0.25) is 5.88 Å². The molecule has 46 heavy (non-hydrogen) atoms. The van der Waals surface area contributed by atoms with E-state index >= 15 is 4.39 Å². The highest BCUT2D eigenvalue weighted by Gasteiger charge is 2.62. The van der Waals surface area contributed by atoms with E-state index in [1.165, 1.54) is 7.11 Å². The van der Waals surface area contributed by atoms with Crippen LogP contribution in [0.15, 0.2) is 12.3 Å². The lowest BCUT2D eigenvalue weighted by molar-refractivity contribution is -0.0123. The number of hydrogen-bond acceptors (Lipinski definition) is 10. The predicted octanol–water partition coefficient (Wildman–Crippen LogP) is 4.61. The Hall–Kier alpha value is -3.39. The van der Waals surface area contributed by atoms with Gasteiger partial charge < -0.3 is 24.2 Å². The van der Waals surface area contributed by atoms with Crippen LogP contribution in [0.1, 0.15) is 38.2 Å². The monoisotopic (exact) mass is 655 g/mol. The quantitative estimate of drug-likeness (QED) is 0.305. The zero-order valence-corrected chi connectivity index (χ0v) is 26.8. The average Bonchev–Trinajstić information content (AvgIpc) is 3.41. The molecule has 4 fully saturated rings. The van der Waals surface area contributed by atoms with Gasteiger partial charge in [-0.1, -0.05) is 11.6 Å². The van der Waals surface area contributed by atoms with E-state index in [2.05, 4.69) is 25.1 Å². The van der Waals surface area contributed by atoms with Gasteiger partial charge in [0.1, 0.15) is 40.8 Å². The number of nitrogens with one attached hydrogen (secondary N) is 1. The van der Waals surface area contributed by atoms with Gasteiger partial charge in [-0.15, -0.1) is 0 Å². The second-order valence-electron chi connectivity index (χ2n) is 13.9. The molecule has 6 heterocycles. The number of benzene rings is 1. The van der Waals surface area contributed by atoms with E-state index < -0.39 is 23.1 Å². The molecule has 1 saturated carbocycles. The number of aromatic nitrogens is 5. The summed E-state index contributed by atoms with van der Waals surface area (Å²) in [6.45, 7) is 5.87. The van der Waals surface area contributed by atoms with Crippen molar-refractivity contribution < 1.29 is 28.1 Å². The Morgan fingerprint density at radius 3 is 2.85 bits per heavy atom. The summed E-state index contributed by atoms with van der Waals surface area (Å²) < 4.78 is 49.5. The van der Waals surface area contributed by atoms with Crippen LogP contribution < -0.4 is 14.4 Å². The number of fused-ring (bicyclic) bond motifs is 3. The van der Waals surface area contributed by atoms with Crippen LogP contribution >= 0.6 is 11.6 Å². The number of alkyl halides is 1. The second kappa shape index (κ2) is 10.6. The van der Waals surface area contributed by atoms with Crippen LogP contribution in [0.4, 0.5) is 14.6 Å². The molecule has 3 aromatic heterocycles. The molecular formula is C32H36ClF2N7O4. The Morgan fingerprint density at radius 1 is 1.24 bits per heavy atom. The lowest BCUT2D eigenvalue weighted by atomic mass is 9.89. The Labute approximate surface area is 269 Å². The van der Waals surface area contributed by atoms with E-state index in [4.69, 9.17) is 30.8 Å². The van der Waals surface area contributed by atoms with Crippen LogP contribution in [-0.2, 0) is 4.74 Å². The Morgan fingerprint density at radius 2 is 2.07 bits per heavy atom. The van der Waals surface area contributed by atoms with Gasteiger partial charge in [0.15, 0.2) is 5.82 Å². The van der Waals surface area contributed by atoms with Crippen molar-refractivity contribution in [3.05, 3.63) is 28.7 Å². The molecule has 0 radical (unpaired) electrons. The number of aliphatic hydroxyl groups is 1. The van der Waals surface area contributed by atoms with E-state index in [-0.39, 0.29) is 53.7 Å². The van der Waals surface area contributed by atoms with Crippen LogP contribution in [0.25, 0.3) is 33.1 Å². The highest BCUT2D eigenvalue weighted by atomic mass is 35.5. The number of aryl methyl sites for hydroxylation is 1. The van der Waals surface area contributed by atoms with Gasteiger partial charge in [0.05, 0.1) is 49.1 Å². The molecular weight excluding hydrogens is 620 g/mol. The fraction of sp³-hybridized carbons (Fsp3) is 0.562. The van der Waals surface area contributed by atoms with E-state index in [1.807, 2.05) is 17.9 Å². The molecule has 4 aromatic rings. The first kappa shape index (κ1) is 30.0. The molecule has 8 rings (SSSR count). The fourth-order valence-corrected chi connectivity index (χ4v) is 8.10. The van der Waals surface area contributed by atoms with Crippen molar-refractivity contribution in [3.8, 4) is 23.1 Å². The van der Waals surface area contributed by atoms with Crippen LogP contribution in [0, 0.1) is 18.2 Å². The first-order chi connectivity index (χ1) is 22.0. The molecule has 1 aliphatic carbocycles. The van der Waals surface area contributed by atoms with E-state index in [0.717, 1.165) is 25.8 Å². The van der Waals surface area contributed by atoms with Gasteiger partial charge in [-0.25, -0.2) is 13.8 Å². The predicted molar refractivity (Wildman–Crippen MR) is 168 cm³/mol. The van der Waals surface area contributed by atoms with Crippen LogP contribution in [0.3, 0.4) is 0 Å². The molecule has 4 aliphatic rings. The minimum absolute atomic E-state index is 0.0532. The van der Waals surface area contributed by atoms with Crippen molar-refractivity contribution in [2.45, 2.75) is 56.8 Å². The van der Waals surface area contributed by atoms with Crippen LogP contribution in [0.2, 0.25) is 5.02 Å². The molecule has 244 valence electrons. The number of β-amino-alcohol motifs (C(OH)–C–C–N with tert-alkyl or cyclic N) is 1. The molecule has 3 aliphatic heterocycles. The summed E-state index contributed by atoms with van der Waals surface area (Å²) in [4.78, 5) is 18.1. The number of halogens is 3. The van der Waals surface area contributed by atoms with E-state index in [9.17, 15) is 9.50 Å². The number of rotatable bonds is 6. The first-order valence-electron chi connectivity index (χ1n) is 15.7. The minimum Gasteiger partial charge on any atom is -0.480 e. The summed E-state index contributed by atoms with van der Waals surface area (Å²) in [7, 11) is 1.44. The molecule has 11 nitrogen and oxygen atoms in total. The van der Waals surface area contributed by atoms with Crippen molar-refractivity contribution in [1.82, 2.24) is 30.0 Å². The van der Waals surface area contributed by atoms with Crippen molar-refractivity contribution in [1.29, 1.82) is 0 Å². The highest BCUT2D eigenvalue weighted by Crippen LogP contribution is 2.60. The Bertz CT molecular complexity index is 1870. The van der Waals surface area contributed by atoms with Gasteiger partial charge >= 0.3 is 6.01 Å². The summed E-state index contributed by atoms with van der Waals surface area (Å²) in [6.07, 6.45) is 4.16. The lowest BCUT2D eigenvalue weighted by Crippen LogP contribution is -2.44. The van der Waals surface area contributed by atoms with Gasteiger partial charge in [-0.05, 0) is 50.2 Å². The number of nitrogens with zero attached hydrogens (tertiary/aromatic N) is 6. The number of methoxy groups -OCH3 is 1. The maximum absolute atomic E-state index is 17.0. The Balaban J connectivity index is 1.29. The van der Waals surface area contributed by atoms with Gasteiger partial charge in [-0.2, -0.15) is 15.1 Å². The normalized spacial score (nSPS) is 27.5. The standard InChI is InChI=1S/C32H36ClF2N7O4/c1-17-8-20-19(10-36-40-20)21(23(17)33)25-24(35)26-22(28(37-25)44-3)27(41-6-7-45-15-30(2,43)13-41)39-29(38-26)46-16-32-9-18(34)11-42(32)14-31(12-32)4-5-31/h8,10,18,43H,4-7,9,11-16H2,1-3H3,(H,36,40)/t18-,30+,32?/m1/s1. The number of anilines is 1. The average molecular weight is 656 g/mol. The molecule has 3 atom stereocenters. The molecule has 14 heteroatoms. The Kier molecular flexibility index (Phi) is 6.88. The van der Waals surface area contributed by atoms with Crippen LogP contribution in [-0.4, -0.2) is 106 Å². The molecule has 2 N–H and O–H groups in total. The molecule has 1 aromatic carbocycles. The van der Waals surface area contributed by atoms with Crippen molar-refractivity contribution >= 4 is 39.2 Å². The third kappa shape index (κ3) is 4.85. The van der Waals surface area contributed by atoms with Crippen molar-refractivity contribution in [3.63, 3.8) is 0 Å². The van der Waals surface area contributed by atoms with Gasteiger partial charge in [-0.3, -0.25) is 10.00 Å². The first-order valence-corrected chi connectivity index (χ1v) is 16.0. The van der Waals surface area contributed by atoms with E-state index in [1.54, 1.807) is 13.1 Å². The van der Waals surface area contributed by atoms with Gasteiger partial charge in [0, 0.05) is 37.0 Å². The highest BCUT2D eigenvalue weighted by molar-refractivity contribution is 6.35. The maximum atomic E-state index is 17.0. The number of aromatic amines is 1. The third-order valence-electron chi connectivity index (χ3n) is 10.1. The van der Waals surface area contributed by atoms with E-state index in [0.29, 0.717) is 59.0 Å². The van der Waals surface area contributed by atoms with Crippen molar-refractivity contribution in [2.24, 2.45) is 5.41 Å². The summed E-state index contributed by atoms with van der Waals surface area (Å²) in [6, 6.07) is 1.79. The summed E-state index contributed by atoms with van der Waals surface area (Å²) >= 11 is 6.80. The minimum atomic E-state index is -1.21. The maximum Gasteiger partial charge on any atom is 0.319 e. The number of hydrogen-bond donors (Lipinski definition) is 2. The SMILES string of the molecule is COc1nc(-c2c(Cl)c(C)cc3[nH]ncc23)c(F)c2nc(OCC34C[C@@H](F)CN3CC3(CC3)C4)nc(N3CCOC[C@@](C)(O)C3)c12. The number of pyridine rings is 1. The van der Waals surface area contributed by atoms with Crippen LogP contribution in [0.5, 0.6) is 11.9 Å². The molecule has 1 spiro atoms.